The Kier molecular flexibility index (Phi) is 2.94. The Bertz CT molecular complexity index is 295. The molecule has 0 radical (unpaired) electrons. The average Bonchev–Trinajstić information content (AvgIpc) is 2.42. The Morgan fingerprint density at radius 3 is 2.21 bits per heavy atom. The summed E-state index contributed by atoms with van der Waals surface area (Å²) in [6.07, 6.45) is 3.14. The average molecular weight is 189 g/mol. The second-order valence-electron chi connectivity index (χ2n) is 3.74. The molecule has 1 aliphatic rings. The van der Waals surface area contributed by atoms with Crippen molar-refractivity contribution in [3.63, 3.8) is 0 Å². The molecular weight excluding hydrogens is 174 g/mol. The number of benzene rings is 1. The second-order valence-corrected chi connectivity index (χ2v) is 3.74. The maximum absolute atomic E-state index is 10.4. The number of hydrogen-bond acceptors (Lipinski definition) is 2. The summed E-state index contributed by atoms with van der Waals surface area (Å²) >= 11 is 0. The van der Waals surface area contributed by atoms with Gasteiger partial charge in [-0.25, -0.2) is 0 Å². The molecule has 0 amide bonds. The van der Waals surface area contributed by atoms with E-state index >= 15 is 0 Å². The van der Waals surface area contributed by atoms with E-state index in [9.17, 15) is 4.79 Å². The third-order valence-electron chi connectivity index (χ3n) is 2.85. The molecule has 0 bridgehead atoms. The van der Waals surface area contributed by atoms with Crippen LogP contribution >= 0.6 is 0 Å². The van der Waals surface area contributed by atoms with E-state index in [4.69, 9.17) is 0 Å². The molecule has 14 heavy (non-hydrogen) atoms. The maximum Gasteiger partial charge on any atom is 0.133 e. The molecule has 1 aliphatic heterocycles. The fourth-order valence-corrected chi connectivity index (χ4v) is 2.00. The molecule has 0 atom stereocenters. The van der Waals surface area contributed by atoms with Gasteiger partial charge in [-0.05, 0) is 24.0 Å². The van der Waals surface area contributed by atoms with Crippen molar-refractivity contribution < 1.29 is 4.79 Å². The van der Waals surface area contributed by atoms with E-state index in [0.717, 1.165) is 32.2 Å². The van der Waals surface area contributed by atoms with Crippen molar-refractivity contribution in [3.8, 4) is 0 Å². The fourth-order valence-electron chi connectivity index (χ4n) is 2.00. The minimum Gasteiger partial charge on any atom is -0.302 e. The van der Waals surface area contributed by atoms with E-state index in [0.29, 0.717) is 6.54 Å². The van der Waals surface area contributed by atoms with Gasteiger partial charge >= 0.3 is 0 Å². The lowest BCUT2D eigenvalue weighted by Gasteiger charge is -2.15. The highest BCUT2D eigenvalue weighted by Crippen LogP contribution is 2.14. The maximum atomic E-state index is 10.4. The van der Waals surface area contributed by atoms with Crippen molar-refractivity contribution in [2.24, 2.45) is 0 Å². The molecule has 2 heteroatoms. The normalized spacial score (nSPS) is 17.1. The van der Waals surface area contributed by atoms with Gasteiger partial charge < -0.3 is 4.79 Å². The van der Waals surface area contributed by atoms with Crippen molar-refractivity contribution in [2.45, 2.75) is 12.8 Å². The number of carbonyl (C=O) groups excluding carboxylic acids is 1. The third-order valence-corrected chi connectivity index (χ3v) is 2.85. The number of hydrogen-bond donors (Lipinski definition) is 0. The van der Waals surface area contributed by atoms with Gasteiger partial charge in [-0.15, -0.1) is 0 Å². The molecule has 1 aromatic carbocycles. The van der Waals surface area contributed by atoms with Crippen LogP contribution < -0.4 is 0 Å². The van der Waals surface area contributed by atoms with Gasteiger partial charge in [-0.2, -0.15) is 0 Å². The van der Waals surface area contributed by atoms with Crippen LogP contribution in [0.4, 0.5) is 0 Å². The summed E-state index contributed by atoms with van der Waals surface area (Å²) in [6, 6.07) is 8.57. The topological polar surface area (TPSA) is 20.3 Å². The van der Waals surface area contributed by atoms with Gasteiger partial charge in [-0.1, -0.05) is 24.3 Å². The molecule has 0 saturated heterocycles. The predicted octanol–water partition coefficient (Wildman–Crippen LogP) is 1.29. The van der Waals surface area contributed by atoms with E-state index in [1.54, 1.807) is 0 Å². The van der Waals surface area contributed by atoms with Gasteiger partial charge in [0.1, 0.15) is 6.29 Å². The summed E-state index contributed by atoms with van der Waals surface area (Å²) in [4.78, 5) is 12.6. The first-order valence-electron chi connectivity index (χ1n) is 5.13. The molecule has 1 heterocycles. The lowest BCUT2D eigenvalue weighted by atomic mass is 10.0. The third kappa shape index (κ3) is 2.02. The van der Waals surface area contributed by atoms with Crippen LogP contribution in [0.25, 0.3) is 0 Å². The summed E-state index contributed by atoms with van der Waals surface area (Å²) in [5, 5.41) is 0. The van der Waals surface area contributed by atoms with Gasteiger partial charge in [-0.3, -0.25) is 4.90 Å². The zero-order chi connectivity index (χ0) is 9.80. The van der Waals surface area contributed by atoms with E-state index in [2.05, 4.69) is 29.2 Å². The molecule has 0 aromatic heterocycles. The molecular formula is C12H15NO. The molecule has 74 valence electrons. The van der Waals surface area contributed by atoms with Gasteiger partial charge in [0.05, 0.1) is 6.54 Å². The molecule has 2 nitrogen and oxygen atoms in total. The van der Waals surface area contributed by atoms with Crippen LogP contribution in [0, 0.1) is 0 Å². The predicted molar refractivity (Wildman–Crippen MR) is 56.4 cm³/mol. The van der Waals surface area contributed by atoms with E-state index in [-0.39, 0.29) is 0 Å². The Hall–Kier alpha value is -1.15. The standard InChI is InChI=1S/C12H15NO/c14-10-9-13-7-5-11-3-1-2-4-12(11)6-8-13/h1-4,10H,5-9H2. The van der Waals surface area contributed by atoms with Crippen molar-refractivity contribution in [2.75, 3.05) is 19.6 Å². The fraction of sp³-hybridized carbons (Fsp3) is 0.417. The number of carbonyl (C=O) groups is 1. The van der Waals surface area contributed by atoms with Crippen molar-refractivity contribution in [1.29, 1.82) is 0 Å². The summed E-state index contributed by atoms with van der Waals surface area (Å²) in [5.74, 6) is 0. The minimum atomic E-state index is 0.577. The van der Waals surface area contributed by atoms with Crippen LogP contribution in [-0.2, 0) is 17.6 Å². The summed E-state index contributed by atoms with van der Waals surface area (Å²) in [6.45, 7) is 2.60. The molecule has 0 spiro atoms. The van der Waals surface area contributed by atoms with Crippen LogP contribution in [-0.4, -0.2) is 30.8 Å². The number of aldehydes is 1. The second kappa shape index (κ2) is 4.38. The van der Waals surface area contributed by atoms with Crippen LogP contribution in [0.1, 0.15) is 11.1 Å². The van der Waals surface area contributed by atoms with Crippen molar-refractivity contribution >= 4 is 6.29 Å². The minimum absolute atomic E-state index is 0.577. The molecule has 0 aliphatic carbocycles. The van der Waals surface area contributed by atoms with Gasteiger partial charge in [0, 0.05) is 13.1 Å². The van der Waals surface area contributed by atoms with Gasteiger partial charge in [0.2, 0.25) is 0 Å². The van der Waals surface area contributed by atoms with Crippen LogP contribution in [0.5, 0.6) is 0 Å². The van der Waals surface area contributed by atoms with Crippen molar-refractivity contribution in [3.05, 3.63) is 35.4 Å². The van der Waals surface area contributed by atoms with E-state index in [1.165, 1.54) is 11.1 Å². The zero-order valence-electron chi connectivity index (χ0n) is 8.28. The largest absolute Gasteiger partial charge is 0.302 e. The molecule has 1 aromatic rings. The van der Waals surface area contributed by atoms with Crippen LogP contribution in [0.3, 0.4) is 0 Å². The van der Waals surface area contributed by atoms with Gasteiger partial charge in [0.15, 0.2) is 0 Å². The number of rotatable bonds is 2. The summed E-state index contributed by atoms with van der Waals surface area (Å²) in [7, 11) is 0. The smallest absolute Gasteiger partial charge is 0.133 e. The lowest BCUT2D eigenvalue weighted by Crippen LogP contribution is -2.28. The molecule has 0 fully saturated rings. The number of nitrogens with zero attached hydrogens (tertiary/aromatic N) is 1. The molecule has 0 unspecified atom stereocenters. The van der Waals surface area contributed by atoms with Gasteiger partial charge in [0.25, 0.3) is 0 Å². The first-order valence-corrected chi connectivity index (χ1v) is 5.13. The quantitative estimate of drug-likeness (QED) is 0.653. The molecule has 2 rings (SSSR count). The Morgan fingerprint density at radius 1 is 1.14 bits per heavy atom. The Labute approximate surface area is 84.5 Å². The first-order chi connectivity index (χ1) is 6.90. The van der Waals surface area contributed by atoms with Crippen LogP contribution in [0.15, 0.2) is 24.3 Å². The van der Waals surface area contributed by atoms with E-state index < -0.39 is 0 Å². The summed E-state index contributed by atoms with van der Waals surface area (Å²) < 4.78 is 0. The summed E-state index contributed by atoms with van der Waals surface area (Å²) in [5.41, 5.74) is 2.89. The molecule has 0 N–H and O–H groups in total. The first kappa shape index (κ1) is 9.41. The van der Waals surface area contributed by atoms with E-state index in [1.807, 2.05) is 0 Å². The monoisotopic (exact) mass is 189 g/mol. The van der Waals surface area contributed by atoms with Crippen molar-refractivity contribution in [1.82, 2.24) is 4.90 Å². The lowest BCUT2D eigenvalue weighted by molar-refractivity contribution is -0.108. The number of fused-ring (bicyclic) bond motifs is 1. The highest BCUT2D eigenvalue weighted by molar-refractivity contribution is 5.52. The molecule has 0 saturated carbocycles. The SMILES string of the molecule is O=CCN1CCc2ccccc2CC1. The zero-order valence-corrected chi connectivity index (χ0v) is 8.28. The Balaban J connectivity index is 2.10. The van der Waals surface area contributed by atoms with Crippen LogP contribution in [0.2, 0.25) is 0 Å². The Morgan fingerprint density at radius 2 is 1.71 bits per heavy atom. The highest BCUT2D eigenvalue weighted by atomic mass is 16.1. The highest BCUT2D eigenvalue weighted by Gasteiger charge is 2.12.